The monoisotopic (exact) mass is 442 g/mol. The molecule has 0 bridgehead atoms. The quantitative estimate of drug-likeness (QED) is 0.658. The van der Waals surface area contributed by atoms with Crippen LogP contribution in [0, 0.1) is 12.8 Å². The summed E-state index contributed by atoms with van der Waals surface area (Å²) < 4.78 is 23.3. The summed E-state index contributed by atoms with van der Waals surface area (Å²) in [7, 11) is 0. The average Bonchev–Trinajstić information content (AvgIpc) is 3.16. The van der Waals surface area contributed by atoms with Crippen molar-refractivity contribution in [1.29, 1.82) is 0 Å². The second-order valence-corrected chi connectivity index (χ2v) is 10.1. The molecule has 3 heterocycles. The van der Waals surface area contributed by atoms with Gasteiger partial charge in [0.25, 0.3) is 0 Å². The molecule has 1 saturated heterocycles. The Kier molecular flexibility index (Phi) is 6.44. The van der Waals surface area contributed by atoms with Crippen molar-refractivity contribution in [3.8, 4) is 17.0 Å². The van der Waals surface area contributed by atoms with Crippen LogP contribution in [0.2, 0.25) is 0 Å². The van der Waals surface area contributed by atoms with Gasteiger partial charge in [-0.3, -0.25) is 4.98 Å². The predicted molar refractivity (Wildman–Crippen MR) is 121 cm³/mol. The van der Waals surface area contributed by atoms with E-state index in [9.17, 15) is 9.35 Å². The van der Waals surface area contributed by atoms with E-state index in [4.69, 9.17) is 9.47 Å². The van der Waals surface area contributed by atoms with Gasteiger partial charge < -0.3 is 18.9 Å². The highest BCUT2D eigenvalue weighted by molar-refractivity contribution is 7.90. The van der Waals surface area contributed by atoms with Crippen molar-refractivity contribution in [2.75, 3.05) is 19.3 Å². The molecular weight excluding hydrogens is 412 g/mol. The van der Waals surface area contributed by atoms with Gasteiger partial charge in [-0.1, -0.05) is 0 Å². The van der Waals surface area contributed by atoms with Crippen molar-refractivity contribution in [3.63, 3.8) is 0 Å². The normalized spacial score (nSPS) is 19.8. The van der Waals surface area contributed by atoms with Crippen molar-refractivity contribution in [2.45, 2.75) is 57.1 Å². The molecule has 2 aromatic rings. The second kappa shape index (κ2) is 9.09. The molecule has 1 fully saturated rings. The Morgan fingerprint density at radius 2 is 2.03 bits per heavy atom. The summed E-state index contributed by atoms with van der Waals surface area (Å²) in [5, 5.41) is 0. The van der Waals surface area contributed by atoms with Gasteiger partial charge >= 0.3 is 6.09 Å². The van der Waals surface area contributed by atoms with Crippen molar-refractivity contribution in [1.82, 2.24) is 9.88 Å². The van der Waals surface area contributed by atoms with Crippen LogP contribution in [0.3, 0.4) is 0 Å². The molecule has 2 atom stereocenters. The summed E-state index contributed by atoms with van der Waals surface area (Å²) in [6.45, 7) is 7.18. The number of hydrogen-bond acceptors (Lipinski definition) is 5. The third kappa shape index (κ3) is 4.83. The number of fused-ring (bicyclic) bond motifs is 1. The molecule has 0 radical (unpaired) electrons. The number of ether oxygens (including phenoxy) is 2. The Labute approximate surface area is 187 Å². The maximum Gasteiger partial charge on any atom is 0.410 e. The highest BCUT2D eigenvalue weighted by Gasteiger charge is 2.34. The van der Waals surface area contributed by atoms with E-state index in [0.29, 0.717) is 19.0 Å². The molecule has 0 N–H and O–H groups in total. The van der Waals surface area contributed by atoms with E-state index >= 15 is 0 Å². The van der Waals surface area contributed by atoms with Crippen LogP contribution in [0.4, 0.5) is 4.79 Å². The average molecular weight is 443 g/mol. The number of aryl methyl sites for hydroxylation is 1. The summed E-state index contributed by atoms with van der Waals surface area (Å²) in [5.74, 6) is 1.37. The standard InChI is InChI=1S/C24H30N2O4S/c1-15(2)29-24(27)26-9-7-17(8-10-26)22-13-19-12-18(5-6-21(19)30-22)23-16(3)11-20(14-25-23)31(4)28/h5-6,11-12,14-15,17,22H,7-10,13H2,1-4H3. The Morgan fingerprint density at radius 3 is 2.68 bits per heavy atom. The minimum atomic E-state index is -1.04. The van der Waals surface area contributed by atoms with E-state index in [0.717, 1.165) is 46.7 Å². The Balaban J connectivity index is 1.41. The third-order valence-electron chi connectivity index (χ3n) is 6.08. The van der Waals surface area contributed by atoms with E-state index in [1.807, 2.05) is 39.0 Å². The summed E-state index contributed by atoms with van der Waals surface area (Å²) in [6, 6.07) is 8.20. The zero-order valence-electron chi connectivity index (χ0n) is 18.6. The summed E-state index contributed by atoms with van der Waals surface area (Å²) >= 11 is -1.04. The van der Waals surface area contributed by atoms with Crippen molar-refractivity contribution >= 4 is 17.3 Å². The van der Waals surface area contributed by atoms with Gasteiger partial charge in [-0.2, -0.15) is 0 Å². The number of carbonyl (C=O) groups is 1. The molecule has 6 nitrogen and oxygen atoms in total. The summed E-state index contributed by atoms with van der Waals surface area (Å²) in [6.07, 6.45) is 5.93. The van der Waals surface area contributed by atoms with Crippen molar-refractivity contribution in [2.24, 2.45) is 5.92 Å². The first-order valence-electron chi connectivity index (χ1n) is 10.9. The number of amides is 1. The van der Waals surface area contributed by atoms with Crippen LogP contribution < -0.4 is 4.74 Å². The van der Waals surface area contributed by atoms with E-state index in [-0.39, 0.29) is 18.3 Å². The largest absolute Gasteiger partial charge is 0.612 e. The number of rotatable bonds is 4. The summed E-state index contributed by atoms with van der Waals surface area (Å²) in [4.78, 5) is 19.2. The second-order valence-electron chi connectivity index (χ2n) is 8.73. The van der Waals surface area contributed by atoms with E-state index in [2.05, 4.69) is 11.1 Å². The van der Waals surface area contributed by atoms with E-state index in [1.165, 1.54) is 5.56 Å². The van der Waals surface area contributed by atoms with Crippen molar-refractivity contribution in [3.05, 3.63) is 41.6 Å². The van der Waals surface area contributed by atoms with Crippen LogP contribution in [0.5, 0.6) is 5.75 Å². The number of aromatic nitrogens is 1. The molecule has 31 heavy (non-hydrogen) atoms. The van der Waals surface area contributed by atoms with Gasteiger partial charge in [0.05, 0.1) is 18.0 Å². The minimum absolute atomic E-state index is 0.0921. The number of nitrogens with zero attached hydrogens (tertiary/aromatic N) is 2. The molecular formula is C24H30N2O4S. The van der Waals surface area contributed by atoms with Gasteiger partial charge in [0.15, 0.2) is 4.90 Å². The number of likely N-dealkylation sites (tertiary alicyclic amines) is 1. The van der Waals surface area contributed by atoms with E-state index < -0.39 is 11.2 Å². The van der Waals surface area contributed by atoms with Crippen LogP contribution in [0.15, 0.2) is 35.4 Å². The molecule has 166 valence electrons. The van der Waals surface area contributed by atoms with Crippen LogP contribution in [-0.2, 0) is 22.3 Å². The molecule has 0 saturated carbocycles. The highest BCUT2D eigenvalue weighted by atomic mass is 32.2. The first-order valence-corrected chi connectivity index (χ1v) is 12.4. The molecule has 1 amide bonds. The Hall–Kier alpha value is -2.25. The molecule has 2 aliphatic rings. The lowest BCUT2D eigenvalue weighted by Gasteiger charge is -2.34. The van der Waals surface area contributed by atoms with Gasteiger partial charge in [0.1, 0.15) is 18.1 Å². The molecule has 0 aliphatic carbocycles. The van der Waals surface area contributed by atoms with Crippen LogP contribution in [0.25, 0.3) is 11.3 Å². The number of piperidine rings is 1. The maximum atomic E-state index is 12.1. The zero-order valence-corrected chi connectivity index (χ0v) is 19.4. The van der Waals surface area contributed by atoms with Crippen molar-refractivity contribution < 1.29 is 18.8 Å². The SMILES string of the molecule is Cc1cc([S+](C)[O-])cnc1-c1ccc2c(c1)CC(C1CCN(C(=O)OC(C)C)CC1)O2. The number of hydrogen-bond donors (Lipinski definition) is 0. The van der Waals surface area contributed by atoms with Gasteiger partial charge in [-0.05, 0) is 86.1 Å². The fourth-order valence-corrected chi connectivity index (χ4v) is 4.97. The van der Waals surface area contributed by atoms with Gasteiger partial charge in [0, 0.05) is 25.1 Å². The molecule has 0 spiro atoms. The lowest BCUT2D eigenvalue weighted by atomic mass is 9.89. The lowest BCUT2D eigenvalue weighted by Crippen LogP contribution is -2.43. The maximum absolute atomic E-state index is 12.1. The molecule has 1 aromatic carbocycles. The first-order chi connectivity index (χ1) is 14.8. The molecule has 1 aromatic heterocycles. The van der Waals surface area contributed by atoms with Crippen LogP contribution in [0.1, 0.15) is 37.8 Å². The number of carbonyl (C=O) groups excluding carboxylic acids is 1. The van der Waals surface area contributed by atoms with Gasteiger partial charge in [0.2, 0.25) is 0 Å². The lowest BCUT2D eigenvalue weighted by molar-refractivity contribution is 0.0503. The first kappa shape index (κ1) is 22.0. The number of benzene rings is 1. The smallest absolute Gasteiger partial charge is 0.410 e. The van der Waals surface area contributed by atoms with Crippen LogP contribution >= 0.6 is 0 Å². The van der Waals surface area contributed by atoms with Crippen LogP contribution in [-0.4, -0.2) is 52.1 Å². The molecule has 2 aliphatic heterocycles. The Morgan fingerprint density at radius 1 is 1.29 bits per heavy atom. The molecule has 2 unspecified atom stereocenters. The summed E-state index contributed by atoms with van der Waals surface area (Å²) in [5.41, 5.74) is 4.19. The zero-order chi connectivity index (χ0) is 22.1. The fourth-order valence-electron chi connectivity index (χ4n) is 4.42. The van der Waals surface area contributed by atoms with Gasteiger partial charge in [-0.25, -0.2) is 4.79 Å². The molecule has 7 heteroatoms. The third-order valence-corrected chi connectivity index (χ3v) is 6.97. The number of pyridine rings is 1. The fraction of sp³-hybridized carbons (Fsp3) is 0.500. The Bertz CT molecular complexity index is 955. The molecule has 4 rings (SSSR count). The van der Waals surface area contributed by atoms with E-state index in [1.54, 1.807) is 17.4 Å². The minimum Gasteiger partial charge on any atom is -0.612 e. The topological polar surface area (TPSA) is 74.7 Å². The van der Waals surface area contributed by atoms with Gasteiger partial charge in [-0.15, -0.1) is 0 Å². The highest BCUT2D eigenvalue weighted by Crippen LogP contribution is 2.38. The predicted octanol–water partition coefficient (Wildman–Crippen LogP) is 4.35.